The third-order valence-electron chi connectivity index (χ3n) is 0.858. The highest BCUT2D eigenvalue weighted by molar-refractivity contribution is 7.80. The van der Waals surface area contributed by atoms with Gasteiger partial charge >= 0.3 is 5.97 Å². The van der Waals surface area contributed by atoms with Crippen molar-refractivity contribution < 1.29 is 14.7 Å². The SMILES string of the molecule is CC(=O)N[C@@H](CS)C(=O)O.[AlH3]. The normalized spacial score (nSPS) is 11.1. The zero-order valence-electron chi connectivity index (χ0n) is 5.50. The van der Waals surface area contributed by atoms with E-state index in [-0.39, 0.29) is 29.0 Å². The molecule has 64 valence electrons. The number of aliphatic carboxylic acids is 1. The van der Waals surface area contributed by atoms with Gasteiger partial charge in [0.25, 0.3) is 0 Å². The van der Waals surface area contributed by atoms with Crippen molar-refractivity contribution in [2.45, 2.75) is 13.0 Å². The lowest BCUT2D eigenvalue weighted by molar-refractivity contribution is -0.140. The third kappa shape index (κ3) is 6.23. The number of hydrogen-bond donors (Lipinski definition) is 3. The summed E-state index contributed by atoms with van der Waals surface area (Å²) in [5.74, 6) is -1.32. The fourth-order valence-electron chi connectivity index (χ4n) is 0.431. The third-order valence-corrected chi connectivity index (χ3v) is 1.22. The number of nitrogens with one attached hydrogen (secondary N) is 1. The van der Waals surface area contributed by atoms with Crippen LogP contribution in [0.1, 0.15) is 6.92 Å². The average molecular weight is 193 g/mol. The van der Waals surface area contributed by atoms with Crippen molar-refractivity contribution in [2.24, 2.45) is 0 Å². The minimum atomic E-state index is -1.06. The maximum Gasteiger partial charge on any atom is 0.327 e. The van der Waals surface area contributed by atoms with E-state index in [9.17, 15) is 9.59 Å². The van der Waals surface area contributed by atoms with Crippen LogP contribution in [-0.2, 0) is 9.59 Å². The molecule has 0 saturated heterocycles. The van der Waals surface area contributed by atoms with Crippen LogP contribution in [-0.4, -0.2) is 46.1 Å². The van der Waals surface area contributed by atoms with Crippen LogP contribution in [0.25, 0.3) is 0 Å². The van der Waals surface area contributed by atoms with Gasteiger partial charge in [-0.3, -0.25) is 4.79 Å². The summed E-state index contributed by atoms with van der Waals surface area (Å²) in [6.45, 7) is 1.26. The molecule has 11 heavy (non-hydrogen) atoms. The Kier molecular flexibility index (Phi) is 7.96. The lowest BCUT2D eigenvalue weighted by Gasteiger charge is -2.08. The Hall–Kier alpha value is -0.178. The van der Waals surface area contributed by atoms with Crippen LogP contribution in [0, 0.1) is 0 Å². The van der Waals surface area contributed by atoms with Crippen molar-refractivity contribution in [3.63, 3.8) is 0 Å². The van der Waals surface area contributed by atoms with E-state index in [1.807, 2.05) is 0 Å². The molecule has 0 bridgehead atoms. The molecule has 0 aliphatic heterocycles. The fourth-order valence-corrected chi connectivity index (χ4v) is 0.678. The van der Waals surface area contributed by atoms with Crippen LogP contribution < -0.4 is 5.32 Å². The first-order valence-corrected chi connectivity index (χ1v) is 3.32. The number of carbonyl (C=O) groups excluding carboxylic acids is 1. The van der Waals surface area contributed by atoms with Crippen LogP contribution >= 0.6 is 12.6 Å². The van der Waals surface area contributed by atoms with Crippen LogP contribution in [0.4, 0.5) is 0 Å². The molecule has 0 heterocycles. The van der Waals surface area contributed by atoms with Crippen molar-refractivity contribution in [1.82, 2.24) is 5.32 Å². The number of hydrogen-bond acceptors (Lipinski definition) is 3. The zero-order chi connectivity index (χ0) is 8.15. The number of amides is 1. The summed E-state index contributed by atoms with van der Waals surface area (Å²) in [6, 6.07) is -0.874. The quantitative estimate of drug-likeness (QED) is 0.370. The number of carboxylic acids is 1. The lowest BCUT2D eigenvalue weighted by atomic mass is 10.3. The summed E-state index contributed by atoms with van der Waals surface area (Å²) in [5, 5.41) is 10.6. The highest BCUT2D eigenvalue weighted by atomic mass is 32.1. The molecule has 0 spiro atoms. The first-order valence-electron chi connectivity index (χ1n) is 2.68. The second-order valence-corrected chi connectivity index (χ2v) is 2.14. The van der Waals surface area contributed by atoms with Gasteiger partial charge in [0.2, 0.25) is 5.91 Å². The monoisotopic (exact) mass is 193 g/mol. The Morgan fingerprint density at radius 3 is 2.18 bits per heavy atom. The summed E-state index contributed by atoms with van der Waals surface area (Å²) >= 11 is 3.73. The van der Waals surface area contributed by atoms with Crippen molar-refractivity contribution in [3.05, 3.63) is 0 Å². The van der Waals surface area contributed by atoms with Gasteiger partial charge in [-0.2, -0.15) is 12.6 Å². The molecular weight excluding hydrogens is 181 g/mol. The maximum atomic E-state index is 10.3. The van der Waals surface area contributed by atoms with Crippen molar-refractivity contribution in [3.8, 4) is 0 Å². The Bertz CT molecular complexity index is 153. The van der Waals surface area contributed by atoms with Gasteiger partial charge in [0.05, 0.1) is 0 Å². The molecule has 0 radical (unpaired) electrons. The fraction of sp³-hybridized carbons (Fsp3) is 0.600. The van der Waals surface area contributed by atoms with Crippen LogP contribution in [0.3, 0.4) is 0 Å². The summed E-state index contributed by atoms with van der Waals surface area (Å²) < 4.78 is 0. The first kappa shape index (κ1) is 13.4. The number of carbonyl (C=O) groups is 2. The standard InChI is InChI=1S/C5H9NO3S.Al.3H/c1-3(7)6-4(2-10)5(8)9;;;;/h4,10H,2H2,1H3,(H,6,7)(H,8,9);;;;/t4-;;;;/m0..../s1. The summed E-state index contributed by atoms with van der Waals surface area (Å²) in [6.07, 6.45) is 0. The van der Waals surface area contributed by atoms with Gasteiger partial charge in [-0.05, 0) is 0 Å². The molecule has 0 aliphatic carbocycles. The van der Waals surface area contributed by atoms with E-state index in [1.165, 1.54) is 6.92 Å². The molecule has 4 nitrogen and oxygen atoms in total. The molecule has 1 amide bonds. The van der Waals surface area contributed by atoms with Crippen LogP contribution in [0.2, 0.25) is 0 Å². The number of carboxylic acid groups (broad SMARTS) is 1. The Morgan fingerprint density at radius 1 is 1.64 bits per heavy atom. The minimum Gasteiger partial charge on any atom is -0.480 e. The Balaban J connectivity index is 0. The minimum absolute atomic E-state index is 0. The molecule has 6 heteroatoms. The van der Waals surface area contributed by atoms with E-state index in [1.54, 1.807) is 0 Å². The molecule has 1 atom stereocenters. The van der Waals surface area contributed by atoms with E-state index in [0.29, 0.717) is 0 Å². The van der Waals surface area contributed by atoms with Gasteiger partial charge in [-0.1, -0.05) is 0 Å². The lowest BCUT2D eigenvalue weighted by Crippen LogP contribution is -2.40. The predicted octanol–water partition coefficient (Wildman–Crippen LogP) is -1.68. The van der Waals surface area contributed by atoms with Gasteiger partial charge in [0, 0.05) is 12.7 Å². The molecule has 0 aromatic heterocycles. The van der Waals surface area contributed by atoms with E-state index in [2.05, 4.69) is 17.9 Å². The topological polar surface area (TPSA) is 66.4 Å². The van der Waals surface area contributed by atoms with Crippen LogP contribution in [0.15, 0.2) is 0 Å². The van der Waals surface area contributed by atoms with E-state index >= 15 is 0 Å². The highest BCUT2D eigenvalue weighted by Gasteiger charge is 2.14. The predicted molar refractivity (Wildman–Crippen MR) is 49.0 cm³/mol. The first-order chi connectivity index (χ1) is 4.57. The van der Waals surface area contributed by atoms with Crippen molar-refractivity contribution >= 4 is 41.9 Å². The molecule has 0 unspecified atom stereocenters. The maximum absolute atomic E-state index is 10.3. The molecule has 0 fully saturated rings. The number of rotatable bonds is 3. The summed E-state index contributed by atoms with van der Waals surface area (Å²) in [7, 11) is 0. The molecule has 0 aromatic carbocycles. The van der Waals surface area contributed by atoms with E-state index < -0.39 is 12.0 Å². The van der Waals surface area contributed by atoms with Crippen molar-refractivity contribution in [2.75, 3.05) is 5.75 Å². The van der Waals surface area contributed by atoms with Crippen molar-refractivity contribution in [1.29, 1.82) is 0 Å². The molecule has 0 rings (SSSR count). The van der Waals surface area contributed by atoms with Crippen LogP contribution in [0.5, 0.6) is 0 Å². The second-order valence-electron chi connectivity index (χ2n) is 1.77. The Morgan fingerprint density at radius 2 is 2.09 bits per heavy atom. The highest BCUT2D eigenvalue weighted by Crippen LogP contribution is 1.86. The molecule has 2 N–H and O–H groups in total. The summed E-state index contributed by atoms with van der Waals surface area (Å²) in [4.78, 5) is 20.5. The van der Waals surface area contributed by atoms with Gasteiger partial charge in [-0.25, -0.2) is 4.79 Å². The molecule has 0 aliphatic rings. The van der Waals surface area contributed by atoms with E-state index in [0.717, 1.165) is 0 Å². The second kappa shape index (κ2) is 6.53. The molecule has 0 saturated carbocycles. The Labute approximate surface area is 80.9 Å². The van der Waals surface area contributed by atoms with Gasteiger partial charge in [-0.15, -0.1) is 0 Å². The largest absolute Gasteiger partial charge is 0.480 e. The van der Waals surface area contributed by atoms with Gasteiger partial charge < -0.3 is 10.4 Å². The van der Waals surface area contributed by atoms with Gasteiger partial charge in [0.1, 0.15) is 6.04 Å². The van der Waals surface area contributed by atoms with E-state index in [4.69, 9.17) is 5.11 Å². The molecule has 0 aromatic rings. The van der Waals surface area contributed by atoms with Gasteiger partial charge in [0.15, 0.2) is 17.4 Å². The number of thiol groups is 1. The smallest absolute Gasteiger partial charge is 0.327 e. The zero-order valence-corrected chi connectivity index (χ0v) is 6.39. The average Bonchev–Trinajstić information content (AvgIpc) is 1.81. The summed E-state index contributed by atoms with van der Waals surface area (Å²) in [5.41, 5.74) is 0. The molecular formula is C5H12AlNO3S.